The molecule has 0 saturated heterocycles. The van der Waals surface area contributed by atoms with Gasteiger partial charge >= 0.3 is 0 Å². The van der Waals surface area contributed by atoms with Crippen molar-refractivity contribution >= 4 is 50.5 Å². The Morgan fingerprint density at radius 1 is 1.36 bits per heavy atom. The van der Waals surface area contributed by atoms with Crippen LogP contribution in [-0.4, -0.2) is 62.7 Å². The van der Waals surface area contributed by atoms with E-state index in [2.05, 4.69) is 4.72 Å². The maximum absolute atomic E-state index is 14.7. The average molecular weight is 516 g/mol. The van der Waals surface area contributed by atoms with Gasteiger partial charge in [0.05, 0.1) is 22.4 Å². The molecule has 0 aliphatic carbocycles. The molecule has 0 spiro atoms. The largest absolute Gasteiger partial charge is 0.395 e. The quantitative estimate of drug-likeness (QED) is 0.534. The first kappa shape index (κ1) is 25.2. The minimum Gasteiger partial charge on any atom is -0.395 e. The van der Waals surface area contributed by atoms with E-state index in [-0.39, 0.29) is 48.3 Å². The number of aliphatic hydroxyl groups is 1. The van der Waals surface area contributed by atoms with Crippen molar-refractivity contribution in [3.63, 3.8) is 0 Å². The summed E-state index contributed by atoms with van der Waals surface area (Å²) >= 11 is 7.20. The summed E-state index contributed by atoms with van der Waals surface area (Å²) in [4.78, 5) is 28.1. The number of nitrogens with zero attached hydrogens (tertiary/aromatic N) is 2. The second-order valence-corrected chi connectivity index (χ2v) is 11.1. The summed E-state index contributed by atoms with van der Waals surface area (Å²) in [5.41, 5.74) is -0.169. The highest BCUT2D eigenvalue weighted by molar-refractivity contribution is 7.89. The fourth-order valence-electron chi connectivity index (χ4n) is 3.34. The third-order valence-corrected chi connectivity index (χ3v) is 7.97. The highest BCUT2D eigenvalue weighted by Crippen LogP contribution is 2.29. The predicted octanol–water partition coefficient (Wildman–Crippen LogP) is 2.56. The minimum absolute atomic E-state index is 0.0264. The first-order valence-electron chi connectivity index (χ1n) is 9.96. The fraction of sp³-hybridized carbons (Fsp3) is 0.333. The Morgan fingerprint density at radius 3 is 2.70 bits per heavy atom. The lowest BCUT2D eigenvalue weighted by atomic mass is 10.1. The molecular weight excluding hydrogens is 493 g/mol. The van der Waals surface area contributed by atoms with Crippen LogP contribution in [-0.2, 0) is 14.8 Å². The summed E-state index contributed by atoms with van der Waals surface area (Å²) in [6, 6.07) is 7.12. The van der Waals surface area contributed by atoms with Crippen LogP contribution in [0.1, 0.15) is 28.1 Å². The van der Waals surface area contributed by atoms with E-state index in [1.54, 1.807) is 19.1 Å². The SMILES string of the molecule is CC(CS(=O)(=O)NC1=CCN(c2ccc(C(=O)N(C)CCO)cc2F)C1=O)c1ccc(Cl)s1. The molecule has 1 aromatic carbocycles. The molecule has 0 fully saturated rings. The number of sulfonamides is 1. The van der Waals surface area contributed by atoms with Gasteiger partial charge in [-0.05, 0) is 36.4 Å². The zero-order valence-electron chi connectivity index (χ0n) is 17.9. The maximum Gasteiger partial charge on any atom is 0.275 e. The van der Waals surface area contributed by atoms with Gasteiger partial charge in [-0.3, -0.25) is 14.3 Å². The number of amides is 2. The molecule has 1 aliphatic heterocycles. The zero-order valence-corrected chi connectivity index (χ0v) is 20.3. The highest BCUT2D eigenvalue weighted by Gasteiger charge is 2.31. The molecule has 0 bridgehead atoms. The van der Waals surface area contributed by atoms with Crippen LogP contribution >= 0.6 is 22.9 Å². The van der Waals surface area contributed by atoms with Crippen molar-refractivity contribution in [1.29, 1.82) is 0 Å². The second-order valence-electron chi connectivity index (χ2n) is 7.58. The van der Waals surface area contributed by atoms with Crippen LogP contribution in [0, 0.1) is 5.82 Å². The van der Waals surface area contributed by atoms with Crippen LogP contribution in [0.5, 0.6) is 0 Å². The van der Waals surface area contributed by atoms with E-state index in [1.807, 2.05) is 0 Å². The molecular formula is C21H23ClFN3O5S2. The van der Waals surface area contributed by atoms with Crippen molar-refractivity contribution in [1.82, 2.24) is 9.62 Å². The van der Waals surface area contributed by atoms with E-state index in [1.165, 1.54) is 41.5 Å². The number of carbonyl (C=O) groups is 2. The molecule has 2 N–H and O–H groups in total. The number of thiophene rings is 1. The lowest BCUT2D eigenvalue weighted by molar-refractivity contribution is -0.114. The summed E-state index contributed by atoms with van der Waals surface area (Å²) in [5, 5.41) is 8.94. The Balaban J connectivity index is 1.68. The average Bonchev–Trinajstić information content (AvgIpc) is 3.33. The summed E-state index contributed by atoms with van der Waals surface area (Å²) in [6.45, 7) is 1.59. The van der Waals surface area contributed by atoms with Gasteiger partial charge in [0, 0.05) is 36.5 Å². The van der Waals surface area contributed by atoms with E-state index in [0.717, 1.165) is 15.8 Å². The fourth-order valence-corrected chi connectivity index (χ4v) is 5.98. The van der Waals surface area contributed by atoms with Crippen molar-refractivity contribution < 1.29 is 27.5 Å². The smallest absolute Gasteiger partial charge is 0.275 e. The molecule has 3 rings (SSSR count). The van der Waals surface area contributed by atoms with Gasteiger partial charge in [0.2, 0.25) is 10.0 Å². The third-order valence-electron chi connectivity index (χ3n) is 5.04. The highest BCUT2D eigenvalue weighted by atomic mass is 35.5. The Labute approximate surface area is 200 Å². The number of hydrogen-bond donors (Lipinski definition) is 2. The molecule has 2 heterocycles. The van der Waals surface area contributed by atoms with Crippen LogP contribution < -0.4 is 9.62 Å². The molecule has 33 heavy (non-hydrogen) atoms. The normalized spacial score (nSPS) is 14.9. The van der Waals surface area contributed by atoms with Gasteiger partial charge in [-0.2, -0.15) is 0 Å². The molecule has 1 aliphatic rings. The second kappa shape index (κ2) is 10.2. The number of carbonyl (C=O) groups excluding carboxylic acids is 2. The van der Waals surface area contributed by atoms with Gasteiger partial charge in [0.15, 0.2) is 0 Å². The summed E-state index contributed by atoms with van der Waals surface area (Å²) in [7, 11) is -2.37. The Bertz CT molecular complexity index is 1200. The standard InChI is InChI=1S/C21H23ClFN3O5S2/c1-13(18-5-6-19(22)32-18)12-33(30,31)24-16-7-8-26(21(16)29)17-4-3-14(11-15(17)23)20(28)25(2)9-10-27/h3-7,11,13,24,27H,8-10,12H2,1-2H3. The number of anilines is 1. The number of hydrogen-bond acceptors (Lipinski definition) is 6. The molecule has 0 saturated carbocycles. The minimum atomic E-state index is -3.85. The topological polar surface area (TPSA) is 107 Å². The van der Waals surface area contributed by atoms with E-state index in [4.69, 9.17) is 16.7 Å². The first-order chi connectivity index (χ1) is 15.5. The van der Waals surface area contributed by atoms with Crippen molar-refractivity contribution in [3.8, 4) is 0 Å². The molecule has 12 heteroatoms. The maximum atomic E-state index is 14.7. The zero-order chi connectivity index (χ0) is 24.3. The van der Waals surface area contributed by atoms with E-state index < -0.39 is 27.7 Å². The number of aliphatic hydroxyl groups excluding tert-OH is 1. The number of likely N-dealkylation sites (N-methyl/N-ethyl adjacent to an activating group) is 1. The van der Waals surface area contributed by atoms with Gasteiger partial charge in [-0.25, -0.2) is 12.8 Å². The van der Waals surface area contributed by atoms with E-state index >= 15 is 0 Å². The molecule has 1 atom stereocenters. The Hall–Kier alpha value is -2.47. The molecule has 2 aromatic rings. The molecule has 178 valence electrons. The molecule has 1 unspecified atom stereocenters. The van der Waals surface area contributed by atoms with E-state index in [9.17, 15) is 22.4 Å². The number of benzene rings is 1. The van der Waals surface area contributed by atoms with Crippen molar-refractivity contribution in [2.24, 2.45) is 0 Å². The number of halogens is 2. The predicted molar refractivity (Wildman–Crippen MR) is 126 cm³/mol. The molecule has 0 radical (unpaired) electrons. The molecule has 2 amide bonds. The number of rotatable bonds is 9. The lowest BCUT2D eigenvalue weighted by Gasteiger charge is -2.20. The monoisotopic (exact) mass is 515 g/mol. The molecule has 8 nitrogen and oxygen atoms in total. The Morgan fingerprint density at radius 2 is 2.09 bits per heavy atom. The molecule has 1 aromatic heterocycles. The van der Waals surface area contributed by atoms with Gasteiger partial charge in [-0.15, -0.1) is 11.3 Å². The van der Waals surface area contributed by atoms with Gasteiger partial charge in [-0.1, -0.05) is 18.5 Å². The first-order valence-corrected chi connectivity index (χ1v) is 12.8. The van der Waals surface area contributed by atoms with Crippen LogP contribution in [0.25, 0.3) is 0 Å². The van der Waals surface area contributed by atoms with Gasteiger partial charge < -0.3 is 14.9 Å². The van der Waals surface area contributed by atoms with Crippen LogP contribution in [0.3, 0.4) is 0 Å². The number of nitrogens with one attached hydrogen (secondary N) is 1. The van der Waals surface area contributed by atoms with E-state index in [0.29, 0.717) is 4.34 Å². The lowest BCUT2D eigenvalue weighted by Crippen LogP contribution is -2.35. The van der Waals surface area contributed by atoms with Gasteiger partial charge in [0.1, 0.15) is 11.5 Å². The summed E-state index contributed by atoms with van der Waals surface area (Å²) < 4.78 is 42.7. The van der Waals surface area contributed by atoms with Crippen molar-refractivity contribution in [2.45, 2.75) is 12.8 Å². The van der Waals surface area contributed by atoms with Crippen LogP contribution in [0.4, 0.5) is 10.1 Å². The van der Waals surface area contributed by atoms with Gasteiger partial charge in [0.25, 0.3) is 11.8 Å². The van der Waals surface area contributed by atoms with Crippen molar-refractivity contribution in [3.05, 3.63) is 62.7 Å². The summed E-state index contributed by atoms with van der Waals surface area (Å²) in [5.74, 6) is -2.55. The summed E-state index contributed by atoms with van der Waals surface area (Å²) in [6.07, 6.45) is 1.38. The van der Waals surface area contributed by atoms with Crippen LogP contribution in [0.2, 0.25) is 4.34 Å². The van der Waals surface area contributed by atoms with Crippen molar-refractivity contribution in [2.75, 3.05) is 37.4 Å². The third kappa shape index (κ3) is 5.91. The Kier molecular flexibility index (Phi) is 7.78. The van der Waals surface area contributed by atoms with Crippen LogP contribution in [0.15, 0.2) is 42.1 Å².